The summed E-state index contributed by atoms with van der Waals surface area (Å²) >= 11 is 22.2. The Balaban J connectivity index is 2.83. The van der Waals surface area contributed by atoms with Crippen LogP contribution in [-0.2, 0) is 0 Å². The SMILES string of the molecule is ClC1=CN(Cl)N=C(Cl)C1Cl. The average Bonchev–Trinajstić information content (AvgIpc) is 1.82. The molecule has 0 amide bonds. The van der Waals surface area contributed by atoms with Gasteiger partial charge in [-0.3, -0.25) is 0 Å². The third-order valence-electron chi connectivity index (χ3n) is 0.872. The Hall–Kier alpha value is 0.370. The van der Waals surface area contributed by atoms with Gasteiger partial charge >= 0.3 is 0 Å². The molecule has 0 spiro atoms. The maximum absolute atomic E-state index is 5.63. The van der Waals surface area contributed by atoms with Crippen LogP contribution in [0.3, 0.4) is 0 Å². The van der Waals surface area contributed by atoms with Crippen molar-refractivity contribution in [2.45, 2.75) is 5.38 Å². The quantitative estimate of drug-likeness (QED) is 0.452. The summed E-state index contributed by atoms with van der Waals surface area (Å²) in [6.45, 7) is 0. The van der Waals surface area contributed by atoms with Crippen LogP contribution in [0.4, 0.5) is 0 Å². The molecule has 1 unspecified atom stereocenters. The van der Waals surface area contributed by atoms with E-state index < -0.39 is 5.38 Å². The fourth-order valence-electron chi connectivity index (χ4n) is 0.452. The molecular weight excluding hydrogens is 218 g/mol. The molecule has 0 aliphatic carbocycles. The second-order valence-corrected chi connectivity index (χ2v) is 3.19. The van der Waals surface area contributed by atoms with Crippen LogP contribution in [0.25, 0.3) is 0 Å². The van der Waals surface area contributed by atoms with E-state index in [1.54, 1.807) is 0 Å². The van der Waals surface area contributed by atoms with Gasteiger partial charge in [0.05, 0.1) is 11.2 Å². The molecular formula is C4H2Cl4N2. The lowest BCUT2D eigenvalue weighted by Gasteiger charge is -2.14. The van der Waals surface area contributed by atoms with E-state index in [2.05, 4.69) is 5.10 Å². The van der Waals surface area contributed by atoms with Gasteiger partial charge < -0.3 is 0 Å². The topological polar surface area (TPSA) is 15.6 Å². The first kappa shape index (κ1) is 8.47. The van der Waals surface area contributed by atoms with Crippen molar-refractivity contribution < 1.29 is 0 Å². The first-order valence-electron chi connectivity index (χ1n) is 2.31. The maximum Gasteiger partial charge on any atom is 0.151 e. The molecule has 0 bridgehead atoms. The summed E-state index contributed by atoms with van der Waals surface area (Å²) in [5.41, 5.74) is 0. The zero-order valence-corrected chi connectivity index (χ0v) is 7.58. The molecule has 0 saturated carbocycles. The third-order valence-corrected chi connectivity index (χ3v) is 2.32. The smallest absolute Gasteiger partial charge is 0.151 e. The van der Waals surface area contributed by atoms with Crippen molar-refractivity contribution in [1.82, 2.24) is 4.53 Å². The Morgan fingerprint density at radius 3 is 2.60 bits per heavy atom. The van der Waals surface area contributed by atoms with Crippen molar-refractivity contribution in [3.8, 4) is 0 Å². The Morgan fingerprint density at radius 2 is 2.10 bits per heavy atom. The molecule has 1 aliphatic rings. The zero-order valence-electron chi connectivity index (χ0n) is 4.56. The van der Waals surface area contributed by atoms with Gasteiger partial charge in [0.25, 0.3) is 0 Å². The van der Waals surface area contributed by atoms with Crippen molar-refractivity contribution in [3.05, 3.63) is 11.2 Å². The highest BCUT2D eigenvalue weighted by Gasteiger charge is 2.20. The molecule has 1 heterocycles. The minimum atomic E-state index is -0.557. The van der Waals surface area contributed by atoms with Gasteiger partial charge in [-0.05, 0) is 0 Å². The number of nitrogens with zero attached hydrogens (tertiary/aromatic N) is 2. The highest BCUT2D eigenvalue weighted by Crippen LogP contribution is 2.24. The number of halogens is 4. The van der Waals surface area contributed by atoms with Gasteiger partial charge in [-0.25, -0.2) is 0 Å². The zero-order chi connectivity index (χ0) is 7.72. The van der Waals surface area contributed by atoms with Crippen LogP contribution >= 0.6 is 46.6 Å². The summed E-state index contributed by atoms with van der Waals surface area (Å²) in [6.07, 6.45) is 1.38. The van der Waals surface area contributed by atoms with Gasteiger partial charge in [0, 0.05) is 11.8 Å². The number of allylic oxidation sites excluding steroid dienone is 1. The van der Waals surface area contributed by atoms with Gasteiger partial charge in [-0.2, -0.15) is 4.53 Å². The van der Waals surface area contributed by atoms with Crippen LogP contribution in [-0.4, -0.2) is 15.1 Å². The molecule has 0 aromatic carbocycles. The van der Waals surface area contributed by atoms with Gasteiger partial charge in [-0.1, -0.05) is 23.2 Å². The van der Waals surface area contributed by atoms with Crippen LogP contribution < -0.4 is 0 Å². The molecule has 0 saturated heterocycles. The summed E-state index contributed by atoms with van der Waals surface area (Å²) < 4.78 is 0.990. The van der Waals surface area contributed by atoms with E-state index in [-0.39, 0.29) is 5.17 Å². The molecule has 1 rings (SSSR count). The van der Waals surface area contributed by atoms with E-state index in [9.17, 15) is 0 Å². The second-order valence-electron chi connectivity index (χ2n) is 1.59. The molecule has 0 radical (unpaired) electrons. The molecule has 0 aromatic rings. The summed E-state index contributed by atoms with van der Waals surface area (Å²) in [6, 6.07) is 0. The Bertz CT molecular complexity index is 179. The molecule has 1 atom stereocenters. The lowest BCUT2D eigenvalue weighted by molar-refractivity contribution is 0.643. The van der Waals surface area contributed by atoms with Crippen molar-refractivity contribution in [1.29, 1.82) is 0 Å². The van der Waals surface area contributed by atoms with Crippen molar-refractivity contribution >= 4 is 51.8 Å². The predicted octanol–water partition coefficient (Wildman–Crippen LogP) is 2.70. The lowest BCUT2D eigenvalue weighted by Crippen LogP contribution is -2.17. The molecule has 0 fully saturated rings. The van der Waals surface area contributed by atoms with Crippen LogP contribution in [0.1, 0.15) is 0 Å². The Labute approximate surface area is 78.1 Å². The Morgan fingerprint density at radius 1 is 1.50 bits per heavy atom. The van der Waals surface area contributed by atoms with Crippen LogP contribution in [0, 0.1) is 0 Å². The molecule has 0 aromatic heterocycles. The minimum absolute atomic E-state index is 0.171. The van der Waals surface area contributed by atoms with E-state index in [0.717, 1.165) is 4.53 Å². The van der Waals surface area contributed by atoms with Crippen molar-refractivity contribution in [2.75, 3.05) is 0 Å². The number of hydrogen-bond acceptors (Lipinski definition) is 2. The molecule has 56 valence electrons. The van der Waals surface area contributed by atoms with E-state index >= 15 is 0 Å². The number of rotatable bonds is 0. The third kappa shape index (κ3) is 1.70. The molecule has 6 heteroatoms. The Kier molecular flexibility index (Phi) is 2.69. The van der Waals surface area contributed by atoms with E-state index in [4.69, 9.17) is 46.6 Å². The second kappa shape index (κ2) is 3.18. The lowest BCUT2D eigenvalue weighted by atomic mass is 10.4. The molecule has 1 aliphatic heterocycles. The normalized spacial score (nSPS) is 26.0. The van der Waals surface area contributed by atoms with Gasteiger partial charge in [-0.15, -0.1) is 16.7 Å². The highest BCUT2D eigenvalue weighted by atomic mass is 35.5. The first-order chi connectivity index (χ1) is 4.61. The van der Waals surface area contributed by atoms with E-state index in [1.807, 2.05) is 0 Å². The summed E-state index contributed by atoms with van der Waals surface area (Å²) in [4.78, 5) is 0. The average molecular weight is 220 g/mol. The van der Waals surface area contributed by atoms with Crippen LogP contribution in [0.5, 0.6) is 0 Å². The fourth-order valence-corrected chi connectivity index (χ4v) is 1.28. The van der Waals surface area contributed by atoms with Gasteiger partial charge in [0.15, 0.2) is 5.17 Å². The maximum atomic E-state index is 5.63. The van der Waals surface area contributed by atoms with Crippen molar-refractivity contribution in [3.63, 3.8) is 0 Å². The first-order valence-corrected chi connectivity index (χ1v) is 3.84. The summed E-state index contributed by atoms with van der Waals surface area (Å²) in [7, 11) is 0. The molecule has 10 heavy (non-hydrogen) atoms. The predicted molar refractivity (Wildman–Crippen MR) is 44.6 cm³/mol. The number of hydrogen-bond donors (Lipinski definition) is 0. The largest absolute Gasteiger partial charge is 0.178 e. The fraction of sp³-hybridized carbons (Fsp3) is 0.250. The standard InChI is InChI=1S/C4H2Cl4N2/c5-2-1-10(8)9-4(7)3(2)6/h1,3H. The summed E-state index contributed by atoms with van der Waals surface area (Å²) in [5, 5.41) is 3.57. The number of hydrazone groups is 1. The highest BCUT2D eigenvalue weighted by molar-refractivity contribution is 6.72. The monoisotopic (exact) mass is 218 g/mol. The van der Waals surface area contributed by atoms with Crippen LogP contribution in [0.2, 0.25) is 0 Å². The summed E-state index contributed by atoms with van der Waals surface area (Å²) in [5.74, 6) is 0. The minimum Gasteiger partial charge on any atom is -0.178 e. The molecule has 2 nitrogen and oxygen atoms in total. The molecule has 0 N–H and O–H groups in total. The van der Waals surface area contributed by atoms with Gasteiger partial charge in [0.2, 0.25) is 0 Å². The van der Waals surface area contributed by atoms with E-state index in [1.165, 1.54) is 6.20 Å². The van der Waals surface area contributed by atoms with Gasteiger partial charge in [0.1, 0.15) is 5.38 Å². The number of alkyl halides is 1. The van der Waals surface area contributed by atoms with Crippen molar-refractivity contribution in [2.24, 2.45) is 5.10 Å². The van der Waals surface area contributed by atoms with E-state index in [0.29, 0.717) is 5.03 Å². The van der Waals surface area contributed by atoms with Crippen LogP contribution in [0.15, 0.2) is 16.3 Å².